The Morgan fingerprint density at radius 3 is 2.47 bits per heavy atom. The average Bonchev–Trinajstić information content (AvgIpc) is 2.74. The Hall–Kier alpha value is -1.23. The van der Waals surface area contributed by atoms with Gasteiger partial charge in [0.15, 0.2) is 0 Å². The first-order valence-electron chi connectivity index (χ1n) is 5.42. The second kappa shape index (κ2) is 5.82. The van der Waals surface area contributed by atoms with E-state index in [0.717, 1.165) is 4.88 Å². The maximum Gasteiger partial charge on any atom is 0.340 e. The Kier molecular flexibility index (Phi) is 4.34. The van der Waals surface area contributed by atoms with Crippen molar-refractivity contribution in [1.82, 2.24) is 0 Å². The smallest absolute Gasteiger partial charge is 0.340 e. The molecule has 100 valence electrons. The van der Waals surface area contributed by atoms with E-state index in [1.165, 1.54) is 18.4 Å². The lowest BCUT2D eigenvalue weighted by Gasteiger charge is -2.11. The van der Waals surface area contributed by atoms with Crippen molar-refractivity contribution < 1.29 is 9.53 Å². The highest BCUT2D eigenvalue weighted by Gasteiger charge is 2.18. The van der Waals surface area contributed by atoms with E-state index in [1.807, 2.05) is 6.92 Å². The number of carbonyl (C=O) groups excluding carboxylic acids is 1. The van der Waals surface area contributed by atoms with Crippen LogP contribution in [0, 0.1) is 6.92 Å². The van der Waals surface area contributed by atoms with Gasteiger partial charge in [-0.05, 0) is 19.1 Å². The third kappa shape index (κ3) is 2.86. The topological polar surface area (TPSA) is 38.3 Å². The molecule has 0 saturated heterocycles. The molecule has 0 fully saturated rings. The monoisotopic (exact) mass is 315 g/mol. The zero-order chi connectivity index (χ0) is 14.0. The van der Waals surface area contributed by atoms with Crippen LogP contribution in [0.4, 0.5) is 11.4 Å². The van der Waals surface area contributed by atoms with Crippen molar-refractivity contribution >= 4 is 51.9 Å². The number of anilines is 2. The summed E-state index contributed by atoms with van der Waals surface area (Å²) in [6, 6.07) is 5.22. The van der Waals surface area contributed by atoms with Crippen LogP contribution < -0.4 is 5.32 Å². The molecule has 0 saturated carbocycles. The van der Waals surface area contributed by atoms with Crippen LogP contribution >= 0.6 is 34.5 Å². The maximum absolute atomic E-state index is 11.7. The van der Waals surface area contributed by atoms with Gasteiger partial charge in [0.05, 0.1) is 34.1 Å². The maximum atomic E-state index is 11.7. The summed E-state index contributed by atoms with van der Waals surface area (Å²) in [5, 5.41) is 5.85. The van der Waals surface area contributed by atoms with Crippen LogP contribution in [-0.4, -0.2) is 13.1 Å². The lowest BCUT2D eigenvalue weighted by molar-refractivity contribution is 0.0602. The normalized spacial score (nSPS) is 10.3. The third-order valence-corrected chi connectivity index (χ3v) is 4.13. The molecule has 0 bridgehead atoms. The van der Waals surface area contributed by atoms with Crippen molar-refractivity contribution in [3.63, 3.8) is 0 Å². The summed E-state index contributed by atoms with van der Waals surface area (Å²) in [7, 11) is 1.35. The predicted molar refractivity (Wildman–Crippen MR) is 80.1 cm³/mol. The number of esters is 1. The van der Waals surface area contributed by atoms with Crippen LogP contribution in [0.1, 0.15) is 15.2 Å². The SMILES string of the molecule is COC(=O)c1csc(C)c1Nc1c(Cl)cccc1Cl. The quantitative estimate of drug-likeness (QED) is 0.819. The number of rotatable bonds is 3. The summed E-state index contributed by atoms with van der Waals surface area (Å²) in [4.78, 5) is 12.6. The van der Waals surface area contributed by atoms with E-state index >= 15 is 0 Å². The highest BCUT2D eigenvalue weighted by Crippen LogP contribution is 2.37. The molecule has 1 heterocycles. The second-order valence-electron chi connectivity index (χ2n) is 3.79. The Morgan fingerprint density at radius 1 is 1.26 bits per heavy atom. The molecule has 6 heteroatoms. The van der Waals surface area contributed by atoms with Crippen molar-refractivity contribution in [1.29, 1.82) is 0 Å². The molecule has 0 aliphatic carbocycles. The molecule has 0 unspecified atom stereocenters. The number of hydrogen-bond donors (Lipinski definition) is 1. The van der Waals surface area contributed by atoms with Crippen molar-refractivity contribution in [3.05, 3.63) is 44.1 Å². The number of hydrogen-bond acceptors (Lipinski definition) is 4. The van der Waals surface area contributed by atoms with Crippen LogP contribution in [0.3, 0.4) is 0 Å². The number of aryl methyl sites for hydroxylation is 1. The number of para-hydroxylation sites is 1. The Balaban J connectivity index is 2.44. The van der Waals surface area contributed by atoms with Crippen molar-refractivity contribution in [2.75, 3.05) is 12.4 Å². The van der Waals surface area contributed by atoms with Crippen molar-refractivity contribution in [3.8, 4) is 0 Å². The summed E-state index contributed by atoms with van der Waals surface area (Å²) in [6.45, 7) is 1.91. The minimum absolute atomic E-state index is 0.393. The molecule has 0 atom stereocenters. The number of thiophene rings is 1. The van der Waals surface area contributed by atoms with Gasteiger partial charge in [0.1, 0.15) is 0 Å². The van der Waals surface area contributed by atoms with Gasteiger partial charge in [-0.15, -0.1) is 11.3 Å². The molecule has 1 aromatic carbocycles. The first-order chi connectivity index (χ1) is 9.04. The van der Waals surface area contributed by atoms with Gasteiger partial charge in [-0.3, -0.25) is 0 Å². The molecule has 0 radical (unpaired) electrons. The van der Waals surface area contributed by atoms with E-state index < -0.39 is 5.97 Å². The van der Waals surface area contributed by atoms with Gasteiger partial charge >= 0.3 is 5.97 Å². The lowest BCUT2D eigenvalue weighted by Crippen LogP contribution is -2.04. The zero-order valence-corrected chi connectivity index (χ0v) is 12.6. The summed E-state index contributed by atoms with van der Waals surface area (Å²) in [6.07, 6.45) is 0. The largest absolute Gasteiger partial charge is 0.465 e. The first kappa shape index (κ1) is 14.2. The van der Waals surface area contributed by atoms with Crippen LogP contribution in [-0.2, 0) is 4.74 Å². The van der Waals surface area contributed by atoms with Crippen LogP contribution in [0.5, 0.6) is 0 Å². The summed E-state index contributed by atoms with van der Waals surface area (Å²) >= 11 is 13.7. The molecule has 1 N–H and O–H groups in total. The fourth-order valence-electron chi connectivity index (χ4n) is 1.61. The highest BCUT2D eigenvalue weighted by atomic mass is 35.5. The molecule has 0 aliphatic heterocycles. The fraction of sp³-hybridized carbons (Fsp3) is 0.154. The minimum Gasteiger partial charge on any atom is -0.465 e. The fourth-order valence-corrected chi connectivity index (χ4v) is 2.89. The number of carbonyl (C=O) groups is 1. The molecular formula is C13H11Cl2NO2S. The van der Waals surface area contributed by atoms with E-state index in [-0.39, 0.29) is 0 Å². The predicted octanol–water partition coefficient (Wildman–Crippen LogP) is 4.89. The van der Waals surface area contributed by atoms with E-state index in [9.17, 15) is 4.79 Å². The van der Waals surface area contributed by atoms with Crippen LogP contribution in [0.15, 0.2) is 23.6 Å². The number of benzene rings is 1. The molecule has 19 heavy (non-hydrogen) atoms. The lowest BCUT2D eigenvalue weighted by atomic mass is 10.2. The Labute approximate surface area is 125 Å². The summed E-state index contributed by atoms with van der Waals surface area (Å²) in [5.74, 6) is -0.393. The van der Waals surface area contributed by atoms with E-state index in [4.69, 9.17) is 27.9 Å². The summed E-state index contributed by atoms with van der Waals surface area (Å²) < 4.78 is 4.75. The van der Waals surface area contributed by atoms with Gasteiger partial charge in [-0.25, -0.2) is 4.79 Å². The third-order valence-electron chi connectivity index (χ3n) is 2.59. The van der Waals surface area contributed by atoms with Crippen molar-refractivity contribution in [2.24, 2.45) is 0 Å². The first-order valence-corrected chi connectivity index (χ1v) is 7.05. The molecule has 0 aliphatic rings. The molecule has 3 nitrogen and oxygen atoms in total. The Morgan fingerprint density at radius 2 is 1.89 bits per heavy atom. The molecular weight excluding hydrogens is 305 g/mol. The van der Waals surface area contributed by atoms with Gasteiger partial charge in [-0.1, -0.05) is 29.3 Å². The van der Waals surface area contributed by atoms with E-state index in [1.54, 1.807) is 23.6 Å². The molecule has 0 spiro atoms. The molecule has 2 rings (SSSR count). The Bertz CT molecular complexity index is 605. The minimum atomic E-state index is -0.393. The summed E-state index contributed by atoms with van der Waals surface area (Å²) in [5.41, 5.74) is 1.73. The van der Waals surface area contributed by atoms with Crippen LogP contribution in [0.2, 0.25) is 10.0 Å². The highest BCUT2D eigenvalue weighted by molar-refractivity contribution is 7.10. The second-order valence-corrected chi connectivity index (χ2v) is 5.69. The van der Waals surface area contributed by atoms with Gasteiger partial charge in [0.2, 0.25) is 0 Å². The average molecular weight is 316 g/mol. The van der Waals surface area contributed by atoms with Gasteiger partial charge in [-0.2, -0.15) is 0 Å². The zero-order valence-electron chi connectivity index (χ0n) is 10.3. The molecule has 2 aromatic rings. The number of methoxy groups -OCH3 is 1. The number of nitrogens with one attached hydrogen (secondary N) is 1. The molecule has 1 aromatic heterocycles. The van der Waals surface area contributed by atoms with E-state index in [2.05, 4.69) is 5.32 Å². The standard InChI is InChI=1S/C13H11Cl2NO2S/c1-7-11(8(6-19-7)13(17)18-2)16-12-9(14)4-3-5-10(12)15/h3-6,16H,1-2H3. The number of ether oxygens (including phenoxy) is 1. The van der Waals surface area contributed by atoms with Crippen LogP contribution in [0.25, 0.3) is 0 Å². The van der Waals surface area contributed by atoms with Crippen molar-refractivity contribution in [2.45, 2.75) is 6.92 Å². The van der Waals surface area contributed by atoms with Gasteiger partial charge in [0, 0.05) is 10.3 Å². The van der Waals surface area contributed by atoms with Gasteiger partial charge in [0.25, 0.3) is 0 Å². The van der Waals surface area contributed by atoms with Gasteiger partial charge < -0.3 is 10.1 Å². The van der Waals surface area contributed by atoms with E-state index in [0.29, 0.717) is 27.0 Å². The molecule has 0 amide bonds. The number of halogens is 2.